The Morgan fingerprint density at radius 1 is 1.10 bits per heavy atom. The fraction of sp³-hybridized carbons (Fsp3) is 0.400. The fourth-order valence-corrected chi connectivity index (χ4v) is 0.566. The van der Waals surface area contributed by atoms with Crippen molar-refractivity contribution in [2.24, 2.45) is 0 Å². The van der Waals surface area contributed by atoms with Crippen molar-refractivity contribution in [2.45, 2.75) is 28.2 Å². The molecule has 0 heterocycles. The van der Waals surface area contributed by atoms with E-state index in [0.29, 0.717) is 0 Å². The van der Waals surface area contributed by atoms with Crippen LogP contribution in [0.1, 0.15) is 28.2 Å². The molecule has 0 bridgehead atoms. The average molecular weight is 138 g/mol. The third kappa shape index (κ3) is 7.22. The molecule has 0 N–H and O–H groups in total. The van der Waals surface area contributed by atoms with E-state index in [2.05, 4.69) is 19.1 Å². The Kier molecular flexibility index (Phi) is 9.82. The van der Waals surface area contributed by atoms with E-state index < -0.39 is 0 Å². The van der Waals surface area contributed by atoms with Crippen LogP contribution in [0.2, 0.25) is 0 Å². The van der Waals surface area contributed by atoms with Gasteiger partial charge in [-0.25, -0.2) is 0 Å². The molecule has 0 rings (SSSR count). The van der Waals surface area contributed by atoms with Crippen LogP contribution in [-0.2, 0) is 0 Å². The first kappa shape index (κ1) is 12.0. The lowest BCUT2D eigenvalue weighted by molar-refractivity contribution is 1.50. The first-order chi connectivity index (χ1) is 4.31. The molecule has 0 saturated heterocycles. The zero-order valence-corrected chi connectivity index (χ0v) is 6.39. The number of hydrogen-bond donors (Lipinski definition) is 0. The second-order valence-electron chi connectivity index (χ2n) is 1.94. The Bertz CT molecular complexity index is 136. The summed E-state index contributed by atoms with van der Waals surface area (Å²) in [4.78, 5) is 0. The highest BCUT2D eigenvalue weighted by Crippen LogP contribution is 1.93. The van der Waals surface area contributed by atoms with Crippen LogP contribution >= 0.6 is 0 Å². The molecule has 0 aromatic carbocycles. The van der Waals surface area contributed by atoms with Crippen LogP contribution in [0.5, 0.6) is 0 Å². The summed E-state index contributed by atoms with van der Waals surface area (Å²) < 4.78 is 0. The van der Waals surface area contributed by atoms with Crippen LogP contribution in [0.25, 0.3) is 0 Å². The van der Waals surface area contributed by atoms with E-state index in [-0.39, 0.29) is 7.43 Å². The maximum atomic E-state index is 2.08. The molecule has 0 heteroatoms. The third-order valence-corrected chi connectivity index (χ3v) is 0.981. The lowest BCUT2D eigenvalue weighted by atomic mass is 10.2. The van der Waals surface area contributed by atoms with Gasteiger partial charge in [-0.1, -0.05) is 43.4 Å². The van der Waals surface area contributed by atoms with Crippen molar-refractivity contribution >= 4 is 0 Å². The molecule has 0 fully saturated rings. The van der Waals surface area contributed by atoms with Crippen molar-refractivity contribution in [2.75, 3.05) is 0 Å². The van der Waals surface area contributed by atoms with Gasteiger partial charge in [0.2, 0.25) is 0 Å². The molecule has 0 atom stereocenters. The van der Waals surface area contributed by atoms with Gasteiger partial charge in [0, 0.05) is 0 Å². The van der Waals surface area contributed by atoms with Gasteiger partial charge >= 0.3 is 0 Å². The zero-order valence-electron chi connectivity index (χ0n) is 6.39. The van der Waals surface area contributed by atoms with Crippen LogP contribution in [0.3, 0.4) is 0 Å². The van der Waals surface area contributed by atoms with E-state index in [0.717, 1.165) is 0 Å². The summed E-state index contributed by atoms with van der Waals surface area (Å²) >= 11 is 0. The average Bonchev–Trinajstić information content (AvgIpc) is 1.85. The largest absolute Gasteiger partial charge is 0.0877 e. The first-order valence-electron chi connectivity index (χ1n) is 3.23. The Hall–Kier alpha value is -0.780. The molecule has 0 saturated carbocycles. The van der Waals surface area contributed by atoms with Gasteiger partial charge < -0.3 is 0 Å². The monoisotopic (exact) mass is 138 g/mol. The minimum absolute atomic E-state index is 0. The molecule has 0 spiro atoms. The predicted octanol–water partition coefficient (Wildman–Crippen LogP) is 3.72. The Morgan fingerprint density at radius 3 is 2.10 bits per heavy atom. The van der Waals surface area contributed by atoms with E-state index >= 15 is 0 Å². The molecule has 0 aromatic rings. The Labute approximate surface area is 65.0 Å². The van der Waals surface area contributed by atoms with Gasteiger partial charge in [0.25, 0.3) is 0 Å². The molecule has 58 valence electrons. The van der Waals surface area contributed by atoms with E-state index in [4.69, 9.17) is 0 Å². The van der Waals surface area contributed by atoms with Gasteiger partial charge in [-0.15, -0.1) is 0 Å². The summed E-state index contributed by atoms with van der Waals surface area (Å²) in [7, 11) is 0. The summed E-state index contributed by atoms with van der Waals surface area (Å²) in [6, 6.07) is 0. The number of rotatable bonds is 2. The number of allylic oxidation sites excluding steroid dienone is 6. The second-order valence-corrected chi connectivity index (χ2v) is 1.94. The van der Waals surface area contributed by atoms with Crippen LogP contribution in [0.4, 0.5) is 0 Å². The zero-order chi connectivity index (χ0) is 7.11. The molecule has 0 amide bonds. The van der Waals surface area contributed by atoms with E-state index in [1.54, 1.807) is 0 Å². The highest BCUT2D eigenvalue weighted by atomic mass is 13.8. The van der Waals surface area contributed by atoms with Crippen molar-refractivity contribution < 1.29 is 0 Å². The van der Waals surface area contributed by atoms with Crippen molar-refractivity contribution in [1.29, 1.82) is 0 Å². The quantitative estimate of drug-likeness (QED) is 0.510. The van der Waals surface area contributed by atoms with E-state index in [9.17, 15) is 0 Å². The van der Waals surface area contributed by atoms with Gasteiger partial charge in [-0.2, -0.15) is 0 Å². The summed E-state index contributed by atoms with van der Waals surface area (Å²) in [5.74, 6) is 0. The lowest BCUT2D eigenvalue weighted by Gasteiger charge is -1.83. The SMILES string of the molecule is C.C\C=C/C=C(C)\C=C/C. The summed E-state index contributed by atoms with van der Waals surface area (Å²) in [5, 5.41) is 0. The smallest absolute Gasteiger partial charge is 0.0398 e. The van der Waals surface area contributed by atoms with Crippen LogP contribution in [0.15, 0.2) is 36.0 Å². The predicted molar refractivity (Wildman–Crippen MR) is 50.1 cm³/mol. The molecule has 0 unspecified atom stereocenters. The number of hydrogen-bond acceptors (Lipinski definition) is 0. The van der Waals surface area contributed by atoms with Crippen molar-refractivity contribution in [1.82, 2.24) is 0 Å². The molecule has 0 nitrogen and oxygen atoms in total. The summed E-state index contributed by atoms with van der Waals surface area (Å²) in [6.07, 6.45) is 10.3. The van der Waals surface area contributed by atoms with E-state index in [1.807, 2.05) is 32.1 Å². The van der Waals surface area contributed by atoms with Crippen molar-refractivity contribution in [3.05, 3.63) is 36.0 Å². The fourth-order valence-electron chi connectivity index (χ4n) is 0.566. The summed E-state index contributed by atoms with van der Waals surface area (Å²) in [5.41, 5.74) is 1.29. The van der Waals surface area contributed by atoms with Gasteiger partial charge in [-0.3, -0.25) is 0 Å². The molecule has 0 aliphatic carbocycles. The standard InChI is InChI=1S/C9H14.CH4/c1-4-6-8-9(3)7-5-2;/h4-8H,1-3H3;1H4/b6-4-,7-5-,9-8-;. The van der Waals surface area contributed by atoms with Crippen molar-refractivity contribution in [3.8, 4) is 0 Å². The van der Waals surface area contributed by atoms with Gasteiger partial charge in [0.05, 0.1) is 0 Å². The molecule has 0 aliphatic heterocycles. The summed E-state index contributed by atoms with van der Waals surface area (Å²) in [6.45, 7) is 6.12. The first-order valence-corrected chi connectivity index (χ1v) is 3.23. The van der Waals surface area contributed by atoms with E-state index in [1.165, 1.54) is 5.57 Å². The van der Waals surface area contributed by atoms with Crippen LogP contribution in [0, 0.1) is 0 Å². The third-order valence-electron chi connectivity index (χ3n) is 0.981. The van der Waals surface area contributed by atoms with Crippen LogP contribution < -0.4 is 0 Å². The maximum absolute atomic E-state index is 2.08. The molecule has 0 aromatic heterocycles. The molecular formula is C10H18. The molecular weight excluding hydrogens is 120 g/mol. The van der Waals surface area contributed by atoms with Gasteiger partial charge in [-0.05, 0) is 20.8 Å². The molecule has 0 aliphatic rings. The lowest BCUT2D eigenvalue weighted by Crippen LogP contribution is -1.62. The highest BCUT2D eigenvalue weighted by molar-refractivity contribution is 5.20. The topological polar surface area (TPSA) is 0 Å². The minimum Gasteiger partial charge on any atom is -0.0877 e. The Morgan fingerprint density at radius 2 is 1.70 bits per heavy atom. The normalized spacial score (nSPS) is 12.5. The van der Waals surface area contributed by atoms with Gasteiger partial charge in [0.15, 0.2) is 0 Å². The second kappa shape index (κ2) is 8.22. The van der Waals surface area contributed by atoms with Crippen molar-refractivity contribution in [3.63, 3.8) is 0 Å². The minimum atomic E-state index is 0. The Balaban J connectivity index is 0. The van der Waals surface area contributed by atoms with Crippen LogP contribution in [-0.4, -0.2) is 0 Å². The molecule has 0 radical (unpaired) electrons. The van der Waals surface area contributed by atoms with Gasteiger partial charge in [0.1, 0.15) is 0 Å². The highest BCUT2D eigenvalue weighted by Gasteiger charge is 1.72. The molecule has 10 heavy (non-hydrogen) atoms. The maximum Gasteiger partial charge on any atom is -0.0398 e.